The maximum Gasteiger partial charge on any atom is 0.376 e. The van der Waals surface area contributed by atoms with Crippen molar-refractivity contribution in [2.45, 2.75) is 148 Å². The molecule has 0 N–H and O–H groups in total. The van der Waals surface area contributed by atoms with Crippen LogP contribution in [0.25, 0.3) is 0 Å². The molecule has 190 valence electrons. The Morgan fingerprint density at radius 2 is 1.03 bits per heavy atom. The second kappa shape index (κ2) is 20.2. The molecule has 0 aromatic heterocycles. The van der Waals surface area contributed by atoms with Crippen LogP contribution in [0.4, 0.5) is 0 Å². The Morgan fingerprint density at radius 3 is 1.38 bits per heavy atom. The highest BCUT2D eigenvalue weighted by atomic mass is 31.1. The van der Waals surface area contributed by atoms with Crippen LogP contribution in [0.15, 0.2) is 12.2 Å². The molecule has 0 heterocycles. The van der Waals surface area contributed by atoms with Gasteiger partial charge in [-0.1, -0.05) is 120 Å². The molecule has 0 rings (SSSR count). The lowest BCUT2D eigenvalue weighted by molar-refractivity contribution is -0.910. The average molecular weight is 471 g/mol. The van der Waals surface area contributed by atoms with Crippen LogP contribution in [0.3, 0.4) is 0 Å². The topological polar surface area (TPSA) is 40.1 Å². The lowest BCUT2D eigenvalue weighted by atomic mass is 10.0. The van der Waals surface area contributed by atoms with Crippen molar-refractivity contribution in [1.29, 1.82) is 0 Å². The zero-order valence-electron chi connectivity index (χ0n) is 22.5. The number of hydrogen-bond donors (Lipinski definition) is 0. The summed E-state index contributed by atoms with van der Waals surface area (Å²) >= 11 is 0. The standard InChI is InChI=1S/C28H57NO2P/c1-6-8-9-10-11-12-13-14-15-16-17-18-19-20-21-22-23-24-25-26-27-28(7-2,32(30)31)29(3,4)5/h10-11H,6-9,12-27H2,1-5H3/q+1/b11-10-. The van der Waals surface area contributed by atoms with Gasteiger partial charge in [0.15, 0.2) is 0 Å². The van der Waals surface area contributed by atoms with E-state index in [9.17, 15) is 9.46 Å². The fourth-order valence-electron chi connectivity index (χ4n) is 4.80. The molecular weight excluding hydrogens is 413 g/mol. The second-order valence-corrected chi connectivity index (χ2v) is 12.1. The number of rotatable bonds is 23. The maximum absolute atomic E-state index is 12.0. The van der Waals surface area contributed by atoms with Crippen LogP contribution in [0.1, 0.15) is 142 Å². The van der Waals surface area contributed by atoms with Crippen LogP contribution in [-0.2, 0) is 4.57 Å². The Hall–Kier alpha value is -0.240. The van der Waals surface area contributed by atoms with Gasteiger partial charge >= 0.3 is 8.03 Å². The zero-order valence-corrected chi connectivity index (χ0v) is 23.4. The first-order chi connectivity index (χ1) is 15.3. The first-order valence-corrected chi connectivity index (χ1v) is 15.1. The highest BCUT2D eigenvalue weighted by Gasteiger charge is 2.52. The average Bonchev–Trinajstić information content (AvgIpc) is 2.74. The number of quaternary nitrogens is 1. The van der Waals surface area contributed by atoms with E-state index in [0.29, 0.717) is 10.9 Å². The van der Waals surface area contributed by atoms with Gasteiger partial charge in [-0.25, -0.2) is 0 Å². The van der Waals surface area contributed by atoms with Gasteiger partial charge in [0.1, 0.15) is 0 Å². The number of allylic oxidation sites excluding steroid dienone is 2. The first kappa shape index (κ1) is 31.8. The van der Waals surface area contributed by atoms with E-state index in [4.69, 9.17) is 0 Å². The van der Waals surface area contributed by atoms with Crippen molar-refractivity contribution in [3.63, 3.8) is 0 Å². The molecule has 0 amide bonds. The van der Waals surface area contributed by atoms with Gasteiger partial charge in [0.2, 0.25) is 0 Å². The normalized spacial score (nSPS) is 14.8. The van der Waals surface area contributed by atoms with Gasteiger partial charge in [-0.15, -0.1) is 0 Å². The van der Waals surface area contributed by atoms with E-state index in [1.807, 2.05) is 28.1 Å². The van der Waals surface area contributed by atoms with Crippen LogP contribution in [0.2, 0.25) is 0 Å². The smallest absolute Gasteiger partial charge is 0.376 e. The summed E-state index contributed by atoms with van der Waals surface area (Å²) in [5.74, 6) is 0. The van der Waals surface area contributed by atoms with E-state index in [1.165, 1.54) is 109 Å². The molecule has 4 heteroatoms. The molecule has 0 saturated heterocycles. The van der Waals surface area contributed by atoms with Crippen LogP contribution in [0.5, 0.6) is 0 Å². The Kier molecular flexibility index (Phi) is 20.0. The molecule has 0 aromatic rings. The summed E-state index contributed by atoms with van der Waals surface area (Å²) in [6.45, 7) is 4.27. The van der Waals surface area contributed by atoms with Crippen LogP contribution in [-0.4, -0.2) is 30.9 Å². The van der Waals surface area contributed by atoms with Gasteiger partial charge in [-0.05, 0) is 25.7 Å². The summed E-state index contributed by atoms with van der Waals surface area (Å²) in [7, 11) is 3.64. The van der Waals surface area contributed by atoms with Crippen molar-refractivity contribution < 1.29 is 13.9 Å². The molecule has 0 aromatic carbocycles. The molecule has 0 aliphatic carbocycles. The third-order valence-corrected chi connectivity index (χ3v) is 9.06. The molecule has 0 spiro atoms. The number of unbranched alkanes of at least 4 members (excludes halogenated alkanes) is 16. The Labute approximate surface area is 202 Å². The Bertz CT molecular complexity index is 473. The van der Waals surface area contributed by atoms with Gasteiger partial charge in [-0.2, -0.15) is 0 Å². The summed E-state index contributed by atoms with van der Waals surface area (Å²) in [5.41, 5.74) is 0. The van der Waals surface area contributed by atoms with Crippen molar-refractivity contribution in [2.24, 2.45) is 0 Å². The first-order valence-electron chi connectivity index (χ1n) is 13.9. The van der Waals surface area contributed by atoms with Crippen molar-refractivity contribution in [3.05, 3.63) is 12.2 Å². The molecule has 0 bridgehead atoms. The fraction of sp³-hybridized carbons (Fsp3) is 0.929. The second-order valence-electron chi connectivity index (χ2n) is 10.7. The largest absolute Gasteiger partial charge is 0.590 e. The molecule has 32 heavy (non-hydrogen) atoms. The lowest BCUT2D eigenvalue weighted by Gasteiger charge is -2.39. The van der Waals surface area contributed by atoms with Crippen molar-refractivity contribution in [1.82, 2.24) is 0 Å². The van der Waals surface area contributed by atoms with Crippen molar-refractivity contribution in [2.75, 3.05) is 21.1 Å². The molecule has 0 aliphatic rings. The van der Waals surface area contributed by atoms with Crippen molar-refractivity contribution >= 4 is 8.03 Å². The highest BCUT2D eigenvalue weighted by Crippen LogP contribution is 2.44. The lowest BCUT2D eigenvalue weighted by Crippen LogP contribution is -2.55. The summed E-state index contributed by atoms with van der Waals surface area (Å²) < 4.78 is 12.5. The predicted molar refractivity (Wildman–Crippen MR) is 141 cm³/mol. The molecule has 0 saturated carbocycles. The van der Waals surface area contributed by atoms with Crippen LogP contribution >= 0.6 is 8.03 Å². The van der Waals surface area contributed by atoms with Gasteiger partial charge in [0, 0.05) is 12.8 Å². The maximum atomic E-state index is 12.0. The number of hydrogen-bond acceptors (Lipinski definition) is 2. The minimum absolute atomic E-state index is 0.513. The van der Waals surface area contributed by atoms with E-state index >= 15 is 0 Å². The molecule has 3 nitrogen and oxygen atoms in total. The van der Waals surface area contributed by atoms with E-state index in [0.717, 1.165) is 12.8 Å². The summed E-state index contributed by atoms with van der Waals surface area (Å²) in [6.07, 6.45) is 30.1. The van der Waals surface area contributed by atoms with Crippen molar-refractivity contribution in [3.8, 4) is 0 Å². The Morgan fingerprint density at radius 1 is 0.656 bits per heavy atom. The van der Waals surface area contributed by atoms with Crippen LogP contribution < -0.4 is 4.89 Å². The third kappa shape index (κ3) is 14.8. The highest BCUT2D eigenvalue weighted by molar-refractivity contribution is 7.38. The predicted octanol–water partition coefficient (Wildman–Crippen LogP) is 8.89. The Balaban J connectivity index is 3.48. The minimum atomic E-state index is -2.41. The quantitative estimate of drug-likeness (QED) is 0.0647. The summed E-state index contributed by atoms with van der Waals surface area (Å²) in [5, 5.41) is -0.597. The van der Waals surface area contributed by atoms with E-state index in [-0.39, 0.29) is 0 Å². The molecule has 0 radical (unpaired) electrons. The molecular formula is C28H57NO2P+. The summed E-state index contributed by atoms with van der Waals surface area (Å²) in [4.78, 5) is 12.0. The minimum Gasteiger partial charge on any atom is -0.590 e. The zero-order chi connectivity index (χ0) is 24.1. The molecule has 0 aliphatic heterocycles. The van der Waals surface area contributed by atoms with E-state index in [1.54, 1.807) is 0 Å². The van der Waals surface area contributed by atoms with E-state index in [2.05, 4.69) is 19.1 Å². The monoisotopic (exact) mass is 470 g/mol. The van der Waals surface area contributed by atoms with Crippen LogP contribution in [0, 0.1) is 0 Å². The molecule has 0 fully saturated rings. The van der Waals surface area contributed by atoms with Gasteiger partial charge in [0.05, 0.1) is 21.1 Å². The SMILES string of the molecule is CCCC/C=C\CCCCCCCCCCCCCCCCC(CC)([P+](=O)[O-])[N+](C)(C)C. The van der Waals surface area contributed by atoms with Gasteiger partial charge in [-0.3, -0.25) is 4.48 Å². The summed E-state index contributed by atoms with van der Waals surface area (Å²) in [6, 6.07) is 0. The number of nitrogens with zero attached hydrogens (tertiary/aromatic N) is 1. The third-order valence-electron chi connectivity index (χ3n) is 7.24. The fourth-order valence-corrected chi connectivity index (χ4v) is 5.89. The molecule has 2 unspecified atom stereocenters. The van der Waals surface area contributed by atoms with Gasteiger partial charge in [0.25, 0.3) is 5.28 Å². The molecule has 2 atom stereocenters. The van der Waals surface area contributed by atoms with Gasteiger partial charge < -0.3 is 4.89 Å². The van der Waals surface area contributed by atoms with E-state index < -0.39 is 13.3 Å².